The first kappa shape index (κ1) is 21.5. The number of halogens is 2. The molecule has 2 aromatic heterocycles. The summed E-state index contributed by atoms with van der Waals surface area (Å²) in [6.07, 6.45) is 3.08. The molecule has 0 fully saturated rings. The first-order valence-electron chi connectivity index (χ1n) is 8.89. The summed E-state index contributed by atoms with van der Waals surface area (Å²) in [6, 6.07) is 11.9. The van der Waals surface area contributed by atoms with Crippen LogP contribution in [-0.4, -0.2) is 28.9 Å². The van der Waals surface area contributed by atoms with Crippen LogP contribution in [0.1, 0.15) is 12.5 Å². The Hall–Kier alpha value is -3.16. The number of carbonyl (C=O) groups excluding carboxylic acids is 2. The molecule has 3 aromatic rings. The van der Waals surface area contributed by atoms with Crippen LogP contribution in [-0.2, 0) is 16.0 Å². The number of pyridine rings is 2. The SMILES string of the molecule is COc1nccc(N(C(C)=O)c2cc(NC(=O)Cc3ccccc3Cl)ccn2)c1Cl. The van der Waals surface area contributed by atoms with E-state index in [9.17, 15) is 9.59 Å². The van der Waals surface area contributed by atoms with Crippen molar-refractivity contribution in [2.24, 2.45) is 0 Å². The summed E-state index contributed by atoms with van der Waals surface area (Å²) < 4.78 is 5.12. The zero-order valence-corrected chi connectivity index (χ0v) is 17.7. The van der Waals surface area contributed by atoms with Crippen molar-refractivity contribution in [1.29, 1.82) is 0 Å². The molecule has 0 bridgehead atoms. The Morgan fingerprint density at radius 1 is 1.10 bits per heavy atom. The molecule has 0 unspecified atom stereocenters. The van der Waals surface area contributed by atoms with Crippen LogP contribution in [0.3, 0.4) is 0 Å². The molecule has 1 aromatic carbocycles. The molecule has 2 heterocycles. The number of nitrogens with zero attached hydrogens (tertiary/aromatic N) is 3. The van der Waals surface area contributed by atoms with E-state index in [4.69, 9.17) is 27.9 Å². The molecule has 154 valence electrons. The van der Waals surface area contributed by atoms with Crippen LogP contribution < -0.4 is 15.0 Å². The maximum Gasteiger partial charge on any atom is 0.234 e. The number of rotatable bonds is 6. The third kappa shape index (κ3) is 4.87. The molecule has 0 aliphatic heterocycles. The average molecular weight is 445 g/mol. The van der Waals surface area contributed by atoms with E-state index in [2.05, 4.69) is 15.3 Å². The van der Waals surface area contributed by atoms with Gasteiger partial charge in [0.05, 0.1) is 19.2 Å². The molecule has 0 saturated carbocycles. The van der Waals surface area contributed by atoms with Crippen LogP contribution in [0.2, 0.25) is 10.0 Å². The molecule has 9 heteroatoms. The lowest BCUT2D eigenvalue weighted by atomic mass is 10.1. The van der Waals surface area contributed by atoms with E-state index in [1.54, 1.807) is 36.4 Å². The monoisotopic (exact) mass is 444 g/mol. The molecule has 0 aliphatic rings. The highest BCUT2D eigenvalue weighted by Crippen LogP contribution is 2.36. The number of ether oxygens (including phenoxy) is 1. The quantitative estimate of drug-likeness (QED) is 0.597. The van der Waals surface area contributed by atoms with Gasteiger partial charge in [-0.15, -0.1) is 0 Å². The van der Waals surface area contributed by atoms with Crippen molar-refractivity contribution >= 4 is 52.2 Å². The summed E-state index contributed by atoms with van der Waals surface area (Å²) in [5.41, 5.74) is 1.55. The van der Waals surface area contributed by atoms with Gasteiger partial charge < -0.3 is 10.1 Å². The Balaban J connectivity index is 1.86. The molecule has 0 aliphatic carbocycles. The second-order valence-electron chi connectivity index (χ2n) is 6.23. The Labute approximate surface area is 183 Å². The first-order valence-corrected chi connectivity index (χ1v) is 9.64. The maximum absolute atomic E-state index is 12.4. The fourth-order valence-corrected chi connectivity index (χ4v) is 3.30. The normalized spacial score (nSPS) is 10.4. The predicted molar refractivity (Wildman–Crippen MR) is 117 cm³/mol. The highest BCUT2D eigenvalue weighted by molar-refractivity contribution is 6.35. The molecule has 0 saturated heterocycles. The Morgan fingerprint density at radius 2 is 1.83 bits per heavy atom. The van der Waals surface area contributed by atoms with E-state index in [1.807, 2.05) is 6.07 Å². The minimum Gasteiger partial charge on any atom is -0.480 e. The van der Waals surface area contributed by atoms with E-state index < -0.39 is 0 Å². The van der Waals surface area contributed by atoms with E-state index in [0.717, 1.165) is 0 Å². The molecule has 7 nitrogen and oxygen atoms in total. The van der Waals surface area contributed by atoms with Gasteiger partial charge in [0.2, 0.25) is 17.7 Å². The van der Waals surface area contributed by atoms with Crippen molar-refractivity contribution in [2.45, 2.75) is 13.3 Å². The largest absolute Gasteiger partial charge is 0.480 e. The number of carbonyl (C=O) groups is 2. The number of aromatic nitrogens is 2. The zero-order valence-electron chi connectivity index (χ0n) is 16.2. The lowest BCUT2D eigenvalue weighted by molar-refractivity contribution is -0.116. The van der Waals surface area contributed by atoms with E-state index in [1.165, 1.54) is 31.3 Å². The zero-order chi connectivity index (χ0) is 21.7. The Bertz CT molecular complexity index is 1090. The van der Waals surface area contributed by atoms with Crippen molar-refractivity contribution in [2.75, 3.05) is 17.3 Å². The number of benzene rings is 1. The number of hydrogen-bond acceptors (Lipinski definition) is 5. The highest BCUT2D eigenvalue weighted by Gasteiger charge is 2.21. The van der Waals surface area contributed by atoms with Gasteiger partial charge in [-0.2, -0.15) is 0 Å². The average Bonchev–Trinajstić information content (AvgIpc) is 2.71. The smallest absolute Gasteiger partial charge is 0.234 e. The van der Waals surface area contributed by atoms with Crippen LogP contribution in [0, 0.1) is 0 Å². The molecule has 0 atom stereocenters. The van der Waals surface area contributed by atoms with E-state index in [-0.39, 0.29) is 35.0 Å². The topological polar surface area (TPSA) is 84.4 Å². The number of hydrogen-bond donors (Lipinski definition) is 1. The molecule has 3 rings (SSSR count). The number of methoxy groups -OCH3 is 1. The number of amides is 2. The van der Waals surface area contributed by atoms with Crippen LogP contribution in [0.4, 0.5) is 17.2 Å². The van der Waals surface area contributed by atoms with Gasteiger partial charge in [0.15, 0.2) is 0 Å². The Kier molecular flexibility index (Phi) is 6.87. The van der Waals surface area contributed by atoms with Crippen molar-refractivity contribution in [3.05, 3.63) is 70.5 Å². The minimum absolute atomic E-state index is 0.112. The fourth-order valence-electron chi connectivity index (χ4n) is 2.82. The van der Waals surface area contributed by atoms with Gasteiger partial charge in [-0.25, -0.2) is 9.97 Å². The van der Waals surface area contributed by atoms with Gasteiger partial charge in [0.1, 0.15) is 10.8 Å². The molecular weight excluding hydrogens is 427 g/mol. The summed E-state index contributed by atoms with van der Waals surface area (Å²) in [5.74, 6) is -0.103. The summed E-state index contributed by atoms with van der Waals surface area (Å²) >= 11 is 12.5. The molecule has 1 N–H and O–H groups in total. The molecular formula is C21H18Cl2N4O3. The summed E-state index contributed by atoms with van der Waals surface area (Å²) in [6.45, 7) is 1.38. The fraction of sp³-hybridized carbons (Fsp3) is 0.143. The van der Waals surface area contributed by atoms with Crippen LogP contribution >= 0.6 is 23.2 Å². The lowest BCUT2D eigenvalue weighted by Gasteiger charge is -2.22. The highest BCUT2D eigenvalue weighted by atomic mass is 35.5. The molecule has 2 amide bonds. The van der Waals surface area contributed by atoms with Gasteiger partial charge in [0, 0.05) is 36.1 Å². The van der Waals surface area contributed by atoms with E-state index >= 15 is 0 Å². The summed E-state index contributed by atoms with van der Waals surface area (Å²) in [4.78, 5) is 34.4. The van der Waals surface area contributed by atoms with Gasteiger partial charge in [0.25, 0.3) is 0 Å². The van der Waals surface area contributed by atoms with Crippen molar-refractivity contribution in [3.63, 3.8) is 0 Å². The summed E-state index contributed by atoms with van der Waals surface area (Å²) in [7, 11) is 1.43. The predicted octanol–water partition coefficient (Wildman–Crippen LogP) is 4.66. The molecule has 0 radical (unpaired) electrons. The van der Waals surface area contributed by atoms with Gasteiger partial charge >= 0.3 is 0 Å². The van der Waals surface area contributed by atoms with Gasteiger partial charge in [-0.05, 0) is 23.8 Å². The third-order valence-electron chi connectivity index (χ3n) is 4.15. The maximum atomic E-state index is 12.4. The van der Waals surface area contributed by atoms with Crippen LogP contribution in [0.15, 0.2) is 54.9 Å². The molecule has 30 heavy (non-hydrogen) atoms. The van der Waals surface area contributed by atoms with Gasteiger partial charge in [-0.3, -0.25) is 14.5 Å². The van der Waals surface area contributed by atoms with Crippen LogP contribution in [0.25, 0.3) is 0 Å². The summed E-state index contributed by atoms with van der Waals surface area (Å²) in [5, 5.41) is 3.49. The van der Waals surface area contributed by atoms with E-state index in [0.29, 0.717) is 22.0 Å². The lowest BCUT2D eigenvalue weighted by Crippen LogP contribution is -2.24. The second-order valence-corrected chi connectivity index (χ2v) is 7.01. The third-order valence-corrected chi connectivity index (χ3v) is 4.88. The van der Waals surface area contributed by atoms with Gasteiger partial charge in [-0.1, -0.05) is 41.4 Å². The standard InChI is InChI=1S/C21H18Cl2N4O3/c1-13(28)27(17-8-10-25-21(30-2)20(17)23)18-12-15(7-9-24-18)26-19(29)11-14-5-3-4-6-16(14)22/h3-10,12H,11H2,1-2H3,(H,24,26,29). The van der Waals surface area contributed by atoms with Crippen LogP contribution in [0.5, 0.6) is 5.88 Å². The van der Waals surface area contributed by atoms with Crippen molar-refractivity contribution < 1.29 is 14.3 Å². The number of nitrogens with one attached hydrogen (secondary N) is 1. The second kappa shape index (κ2) is 9.56. The Morgan fingerprint density at radius 3 is 2.53 bits per heavy atom. The number of anilines is 3. The minimum atomic E-state index is -0.322. The first-order chi connectivity index (χ1) is 14.4. The van der Waals surface area contributed by atoms with Crippen molar-refractivity contribution in [1.82, 2.24) is 9.97 Å². The van der Waals surface area contributed by atoms with Crippen molar-refractivity contribution in [3.8, 4) is 5.88 Å². The molecule has 0 spiro atoms.